The highest BCUT2D eigenvalue weighted by atomic mass is 31.2. The summed E-state index contributed by atoms with van der Waals surface area (Å²) >= 11 is 0. The Labute approximate surface area is 346 Å². The summed E-state index contributed by atoms with van der Waals surface area (Å²) in [6, 6.07) is 0. The second kappa shape index (κ2) is 39.5. The molecule has 56 heavy (non-hydrogen) atoms. The van der Waals surface area contributed by atoms with Gasteiger partial charge in [0.05, 0.1) is 27.7 Å². The van der Waals surface area contributed by atoms with Crippen LogP contribution in [0.4, 0.5) is 0 Å². The Kier molecular flexibility index (Phi) is 38.8. The van der Waals surface area contributed by atoms with Crippen LogP contribution >= 0.6 is 7.82 Å². The van der Waals surface area contributed by atoms with E-state index in [1.807, 2.05) is 21.1 Å². The number of hydrogen-bond donors (Lipinski definition) is 1. The van der Waals surface area contributed by atoms with Gasteiger partial charge in [-0.2, -0.15) is 0 Å². The van der Waals surface area contributed by atoms with Gasteiger partial charge in [0.15, 0.2) is 6.10 Å². The Morgan fingerprint density at radius 1 is 0.482 bits per heavy atom. The van der Waals surface area contributed by atoms with Crippen molar-refractivity contribution in [1.82, 2.24) is 0 Å². The summed E-state index contributed by atoms with van der Waals surface area (Å²) in [5.41, 5.74) is 0. The molecule has 9 nitrogen and oxygen atoms in total. The van der Waals surface area contributed by atoms with Gasteiger partial charge in [-0.3, -0.25) is 18.6 Å². The maximum absolute atomic E-state index is 12.7. The first-order valence-corrected chi connectivity index (χ1v) is 25.3. The fraction of sp³-hybridized carbons (Fsp3) is 0.957. The largest absolute Gasteiger partial charge is 0.472 e. The lowest BCUT2D eigenvalue weighted by molar-refractivity contribution is -0.870. The number of likely N-dealkylation sites (N-methyl/N-ethyl adjacent to an activating group) is 1. The Morgan fingerprint density at radius 3 is 1.14 bits per heavy atom. The lowest BCUT2D eigenvalue weighted by Gasteiger charge is -2.24. The van der Waals surface area contributed by atoms with Crippen LogP contribution in [0.15, 0.2) is 0 Å². The second-order valence-electron chi connectivity index (χ2n) is 17.5. The van der Waals surface area contributed by atoms with Crippen LogP contribution < -0.4 is 0 Å². The monoisotopic (exact) mass is 819 g/mol. The van der Waals surface area contributed by atoms with Crippen molar-refractivity contribution in [1.29, 1.82) is 0 Å². The molecular formula is C46H93NO8P+. The van der Waals surface area contributed by atoms with Crippen molar-refractivity contribution in [2.24, 2.45) is 0 Å². The van der Waals surface area contributed by atoms with Crippen molar-refractivity contribution in [3.8, 4) is 0 Å². The third-order valence-corrected chi connectivity index (χ3v) is 11.6. The highest BCUT2D eigenvalue weighted by molar-refractivity contribution is 7.47. The number of carbonyl (C=O) groups is 2. The second-order valence-corrected chi connectivity index (χ2v) is 19.0. The summed E-state index contributed by atoms with van der Waals surface area (Å²) in [5.74, 6) is -0.783. The van der Waals surface area contributed by atoms with Crippen molar-refractivity contribution >= 4 is 19.8 Å². The Balaban J connectivity index is 4.16. The van der Waals surface area contributed by atoms with Crippen LogP contribution in [0, 0.1) is 0 Å². The van der Waals surface area contributed by atoms with E-state index in [0.29, 0.717) is 17.4 Å². The SMILES string of the molecule is CCCCCCCCCCCCCCCCCCCCCCCC(=O)OC[C@@H](COP(=O)(O)OCC[N+](C)(C)C)OC(=O)CCCCCCCCCCCCC. The average molecular weight is 819 g/mol. The normalized spacial score (nSPS) is 13.5. The molecule has 0 radical (unpaired) electrons. The first kappa shape index (κ1) is 55.0. The van der Waals surface area contributed by atoms with Gasteiger partial charge in [0.1, 0.15) is 19.8 Å². The van der Waals surface area contributed by atoms with Crippen LogP contribution in [-0.4, -0.2) is 74.9 Å². The highest BCUT2D eigenvalue weighted by Crippen LogP contribution is 2.43. The van der Waals surface area contributed by atoms with Crippen LogP contribution in [-0.2, 0) is 32.7 Å². The van der Waals surface area contributed by atoms with Crippen LogP contribution in [0.1, 0.15) is 232 Å². The van der Waals surface area contributed by atoms with Gasteiger partial charge in [0.25, 0.3) is 0 Å². The minimum absolute atomic E-state index is 0.0368. The lowest BCUT2D eigenvalue weighted by atomic mass is 10.0. The van der Waals surface area contributed by atoms with E-state index in [-0.39, 0.29) is 25.6 Å². The van der Waals surface area contributed by atoms with Gasteiger partial charge in [-0.25, -0.2) is 4.57 Å². The van der Waals surface area contributed by atoms with Gasteiger partial charge >= 0.3 is 19.8 Å². The zero-order valence-electron chi connectivity index (χ0n) is 37.6. The minimum Gasteiger partial charge on any atom is -0.462 e. The van der Waals surface area contributed by atoms with Gasteiger partial charge in [0, 0.05) is 12.8 Å². The summed E-state index contributed by atoms with van der Waals surface area (Å²) < 4.78 is 34.3. The molecule has 1 N–H and O–H groups in total. The summed E-state index contributed by atoms with van der Waals surface area (Å²) in [7, 11) is 1.49. The van der Waals surface area contributed by atoms with Crippen LogP contribution in [0.2, 0.25) is 0 Å². The molecular weight excluding hydrogens is 725 g/mol. The molecule has 0 aliphatic carbocycles. The number of phosphoric acid groups is 1. The van der Waals surface area contributed by atoms with Crippen molar-refractivity contribution < 1.29 is 42.1 Å². The lowest BCUT2D eigenvalue weighted by Crippen LogP contribution is -2.37. The van der Waals surface area contributed by atoms with Crippen molar-refractivity contribution in [3.63, 3.8) is 0 Å². The Hall–Kier alpha value is -0.990. The molecule has 334 valence electrons. The van der Waals surface area contributed by atoms with Crippen LogP contribution in [0.5, 0.6) is 0 Å². The Morgan fingerprint density at radius 2 is 0.804 bits per heavy atom. The maximum Gasteiger partial charge on any atom is 0.472 e. The number of esters is 2. The van der Waals surface area contributed by atoms with Gasteiger partial charge < -0.3 is 18.9 Å². The van der Waals surface area contributed by atoms with Gasteiger partial charge in [-0.05, 0) is 12.8 Å². The zero-order valence-corrected chi connectivity index (χ0v) is 38.5. The number of ether oxygens (including phenoxy) is 2. The van der Waals surface area contributed by atoms with Crippen LogP contribution in [0.25, 0.3) is 0 Å². The summed E-state index contributed by atoms with van der Waals surface area (Å²) in [5, 5.41) is 0. The molecule has 1 unspecified atom stereocenters. The molecule has 0 saturated heterocycles. The molecule has 0 fully saturated rings. The zero-order chi connectivity index (χ0) is 41.4. The minimum atomic E-state index is -4.36. The van der Waals surface area contributed by atoms with Crippen LogP contribution in [0.3, 0.4) is 0 Å². The van der Waals surface area contributed by atoms with E-state index in [0.717, 1.165) is 38.5 Å². The number of nitrogens with zero attached hydrogens (tertiary/aromatic N) is 1. The van der Waals surface area contributed by atoms with E-state index in [1.165, 1.54) is 167 Å². The number of carbonyl (C=O) groups excluding carboxylic acids is 2. The molecule has 0 rings (SSSR count). The predicted octanol–water partition coefficient (Wildman–Crippen LogP) is 13.6. The number of quaternary nitrogens is 1. The molecule has 0 aromatic rings. The molecule has 0 aliphatic heterocycles. The molecule has 0 amide bonds. The summed E-state index contributed by atoms with van der Waals surface area (Å²) in [6.07, 6.45) is 40.1. The smallest absolute Gasteiger partial charge is 0.462 e. The topological polar surface area (TPSA) is 108 Å². The van der Waals surface area contributed by atoms with Crippen molar-refractivity contribution in [2.75, 3.05) is 47.5 Å². The molecule has 0 heterocycles. The van der Waals surface area contributed by atoms with E-state index in [4.69, 9.17) is 18.5 Å². The molecule has 0 spiro atoms. The molecule has 0 bridgehead atoms. The fourth-order valence-corrected chi connectivity index (χ4v) is 7.64. The number of phosphoric ester groups is 1. The quantitative estimate of drug-likeness (QED) is 0.0280. The first-order chi connectivity index (χ1) is 27.0. The number of unbranched alkanes of at least 4 members (excludes halogenated alkanes) is 30. The van der Waals surface area contributed by atoms with Crippen molar-refractivity contribution in [2.45, 2.75) is 238 Å². The predicted molar refractivity (Wildman–Crippen MR) is 234 cm³/mol. The van der Waals surface area contributed by atoms with E-state index < -0.39 is 26.5 Å². The molecule has 2 atom stereocenters. The van der Waals surface area contributed by atoms with E-state index >= 15 is 0 Å². The van der Waals surface area contributed by atoms with E-state index in [9.17, 15) is 19.0 Å². The van der Waals surface area contributed by atoms with Gasteiger partial charge in [0.2, 0.25) is 0 Å². The maximum atomic E-state index is 12.7. The first-order valence-electron chi connectivity index (χ1n) is 23.8. The number of hydrogen-bond acceptors (Lipinski definition) is 7. The molecule has 10 heteroatoms. The summed E-state index contributed by atoms with van der Waals surface area (Å²) in [4.78, 5) is 35.4. The van der Waals surface area contributed by atoms with Gasteiger partial charge in [-0.1, -0.05) is 206 Å². The summed E-state index contributed by atoms with van der Waals surface area (Å²) in [6.45, 7) is 4.46. The molecule has 0 aromatic heterocycles. The Bertz CT molecular complexity index is 927. The molecule has 0 aliphatic rings. The highest BCUT2D eigenvalue weighted by Gasteiger charge is 2.27. The van der Waals surface area contributed by atoms with Crippen molar-refractivity contribution in [3.05, 3.63) is 0 Å². The third-order valence-electron chi connectivity index (χ3n) is 10.6. The standard InChI is InChI=1S/C46H92NO8P/c1-6-8-10-12-14-16-18-19-20-21-22-23-24-25-26-27-29-30-32-34-36-38-45(48)52-42-44(43-54-56(50,51)53-41-40-47(3,4)5)55-46(49)39-37-35-33-31-28-17-15-13-11-9-7-2/h44H,6-43H2,1-5H3/p+1/t44-/m0/s1. The van der Waals surface area contributed by atoms with Gasteiger partial charge in [-0.15, -0.1) is 0 Å². The fourth-order valence-electron chi connectivity index (χ4n) is 6.90. The van der Waals surface area contributed by atoms with E-state index in [1.54, 1.807) is 0 Å². The van der Waals surface area contributed by atoms with E-state index in [2.05, 4.69) is 13.8 Å². The molecule has 0 aromatic carbocycles. The number of rotatable bonds is 44. The average Bonchev–Trinajstić information content (AvgIpc) is 3.15. The molecule has 0 saturated carbocycles. The third kappa shape index (κ3) is 42.6.